The standard InChI is InChI=1S/C30H36ClF2N5O2.ClH/c1-20(2)18-35-12-14-36(15-13-35)23-8-5-21(6-9-23)25-10-7-22(31)16-27(25)37-11-3-4-24(19-37)38-28(29(32)33)26(17-34-38)30(39)40;/h5-10,16-17,20,24,29H,3-4,11-15,18-19H2,1-2H3,(H,39,40);1H. The molecule has 1 aromatic heterocycles. The molecule has 0 radical (unpaired) electrons. The van der Waals surface area contributed by atoms with Crippen LogP contribution in [0, 0.1) is 5.92 Å². The highest BCUT2D eigenvalue weighted by atomic mass is 35.5. The van der Waals surface area contributed by atoms with Gasteiger partial charge < -0.3 is 14.9 Å². The first kappa shape index (κ1) is 31.1. The molecule has 2 aliphatic heterocycles. The molecule has 1 unspecified atom stereocenters. The molecule has 1 atom stereocenters. The Kier molecular flexibility index (Phi) is 10.2. The zero-order chi connectivity index (χ0) is 28.4. The minimum atomic E-state index is -2.93. The molecule has 3 aromatic rings. The number of carboxylic acids is 1. The smallest absolute Gasteiger partial charge is 0.339 e. The van der Waals surface area contributed by atoms with Crippen LogP contribution >= 0.6 is 24.0 Å². The molecule has 2 saturated heterocycles. The van der Waals surface area contributed by atoms with Crippen LogP contribution in [0.2, 0.25) is 5.02 Å². The normalized spacial score (nSPS) is 18.2. The number of benzene rings is 2. The first-order chi connectivity index (χ1) is 19.2. The second-order valence-corrected chi connectivity index (χ2v) is 11.6. The van der Waals surface area contributed by atoms with Crippen LogP contribution in [0.3, 0.4) is 0 Å². The van der Waals surface area contributed by atoms with Crippen molar-refractivity contribution < 1.29 is 18.7 Å². The lowest BCUT2D eigenvalue weighted by atomic mass is 9.99. The highest BCUT2D eigenvalue weighted by Crippen LogP contribution is 2.38. The van der Waals surface area contributed by atoms with Gasteiger partial charge in [0.05, 0.1) is 12.2 Å². The van der Waals surface area contributed by atoms with Crippen molar-refractivity contribution in [3.63, 3.8) is 0 Å². The van der Waals surface area contributed by atoms with E-state index < -0.39 is 23.7 Å². The van der Waals surface area contributed by atoms with Gasteiger partial charge in [0, 0.05) is 67.8 Å². The predicted molar refractivity (Wildman–Crippen MR) is 162 cm³/mol. The summed E-state index contributed by atoms with van der Waals surface area (Å²) in [6.45, 7) is 10.9. The van der Waals surface area contributed by atoms with E-state index in [0.717, 1.165) is 68.7 Å². The molecule has 5 rings (SSSR count). The molecule has 2 aliphatic rings. The molecular weight excluding hydrogens is 571 g/mol. The summed E-state index contributed by atoms with van der Waals surface area (Å²) in [5.74, 6) is -0.727. The minimum absolute atomic E-state index is 0. The number of carbonyl (C=O) groups is 1. The van der Waals surface area contributed by atoms with E-state index >= 15 is 0 Å². The van der Waals surface area contributed by atoms with Gasteiger partial charge >= 0.3 is 5.97 Å². The van der Waals surface area contributed by atoms with Gasteiger partial charge in [0.15, 0.2) is 0 Å². The van der Waals surface area contributed by atoms with Crippen LogP contribution in [0.5, 0.6) is 0 Å². The SMILES string of the molecule is CC(C)CN1CCN(c2ccc(-c3ccc(Cl)cc3N3CCCC(n4ncc(C(=O)O)c4C(F)F)C3)cc2)CC1.Cl. The Morgan fingerprint density at radius 3 is 2.39 bits per heavy atom. The number of anilines is 2. The van der Waals surface area contributed by atoms with E-state index in [2.05, 4.69) is 57.9 Å². The van der Waals surface area contributed by atoms with E-state index in [1.165, 1.54) is 10.4 Å². The number of piperazine rings is 1. The van der Waals surface area contributed by atoms with Gasteiger partial charge in [-0.25, -0.2) is 13.6 Å². The van der Waals surface area contributed by atoms with Crippen LogP contribution in [0.1, 0.15) is 55.2 Å². The largest absolute Gasteiger partial charge is 0.478 e. The third-order valence-electron chi connectivity index (χ3n) is 7.85. The van der Waals surface area contributed by atoms with Crippen molar-refractivity contribution in [2.24, 2.45) is 5.92 Å². The summed E-state index contributed by atoms with van der Waals surface area (Å²) < 4.78 is 28.9. The maximum atomic E-state index is 13.9. The molecule has 7 nitrogen and oxygen atoms in total. The molecule has 11 heteroatoms. The van der Waals surface area contributed by atoms with Crippen LogP contribution in [-0.4, -0.2) is 71.6 Å². The molecule has 2 fully saturated rings. The first-order valence-corrected chi connectivity index (χ1v) is 14.3. The van der Waals surface area contributed by atoms with Crippen LogP contribution < -0.4 is 9.80 Å². The Morgan fingerprint density at radius 2 is 1.76 bits per heavy atom. The molecule has 3 heterocycles. The Labute approximate surface area is 251 Å². The number of hydrogen-bond donors (Lipinski definition) is 1. The van der Waals surface area contributed by atoms with Gasteiger partial charge in [-0.05, 0) is 48.6 Å². The lowest BCUT2D eigenvalue weighted by Gasteiger charge is -2.37. The van der Waals surface area contributed by atoms with E-state index in [1.54, 1.807) is 0 Å². The number of aromatic nitrogens is 2. The van der Waals surface area contributed by atoms with Gasteiger partial charge in [0.1, 0.15) is 11.3 Å². The van der Waals surface area contributed by atoms with E-state index in [1.807, 2.05) is 18.2 Å². The van der Waals surface area contributed by atoms with Crippen LogP contribution in [-0.2, 0) is 0 Å². The quantitative estimate of drug-likeness (QED) is 0.301. The molecule has 222 valence electrons. The summed E-state index contributed by atoms with van der Waals surface area (Å²) in [5, 5.41) is 14.0. The highest BCUT2D eigenvalue weighted by molar-refractivity contribution is 6.31. The summed E-state index contributed by atoms with van der Waals surface area (Å²) in [5.41, 5.74) is 3.21. The number of alkyl halides is 2. The summed E-state index contributed by atoms with van der Waals surface area (Å²) in [6, 6.07) is 14.0. The number of aromatic carboxylic acids is 1. The van der Waals surface area contributed by atoms with Gasteiger partial charge in [-0.1, -0.05) is 43.6 Å². The zero-order valence-corrected chi connectivity index (χ0v) is 24.9. The molecule has 2 aromatic carbocycles. The van der Waals surface area contributed by atoms with Crippen molar-refractivity contribution in [3.05, 3.63) is 64.9 Å². The highest BCUT2D eigenvalue weighted by Gasteiger charge is 2.31. The third-order valence-corrected chi connectivity index (χ3v) is 8.09. The number of halogens is 4. The number of rotatable bonds is 8. The van der Waals surface area contributed by atoms with E-state index in [0.29, 0.717) is 23.9 Å². The second kappa shape index (κ2) is 13.4. The molecule has 0 aliphatic carbocycles. The molecule has 0 amide bonds. The van der Waals surface area contributed by atoms with Gasteiger partial charge in [0.25, 0.3) is 6.43 Å². The lowest BCUT2D eigenvalue weighted by molar-refractivity contribution is 0.0681. The molecule has 0 saturated carbocycles. The number of hydrogen-bond acceptors (Lipinski definition) is 5. The Balaban J connectivity index is 0.00000387. The fourth-order valence-corrected chi connectivity index (χ4v) is 6.15. The molecule has 0 spiro atoms. The second-order valence-electron chi connectivity index (χ2n) is 11.1. The van der Waals surface area contributed by atoms with Crippen molar-refractivity contribution >= 4 is 41.4 Å². The van der Waals surface area contributed by atoms with Crippen molar-refractivity contribution in [2.75, 3.05) is 55.6 Å². The fraction of sp³-hybridized carbons (Fsp3) is 0.467. The van der Waals surface area contributed by atoms with Crippen LogP contribution in [0.4, 0.5) is 20.2 Å². The average Bonchev–Trinajstić information content (AvgIpc) is 3.40. The number of carboxylic acid groups (broad SMARTS) is 1. The summed E-state index contributed by atoms with van der Waals surface area (Å²) in [7, 11) is 0. The Bertz CT molecular complexity index is 1330. The topological polar surface area (TPSA) is 64.8 Å². The lowest BCUT2D eigenvalue weighted by Crippen LogP contribution is -2.47. The van der Waals surface area contributed by atoms with E-state index in [4.69, 9.17) is 11.6 Å². The van der Waals surface area contributed by atoms with Gasteiger partial charge in [-0.3, -0.25) is 9.58 Å². The van der Waals surface area contributed by atoms with E-state index in [9.17, 15) is 18.7 Å². The summed E-state index contributed by atoms with van der Waals surface area (Å²) in [6.07, 6.45) is -0.517. The Morgan fingerprint density at radius 1 is 1.05 bits per heavy atom. The molecular formula is C30H37Cl2F2N5O2. The third kappa shape index (κ3) is 6.96. The minimum Gasteiger partial charge on any atom is -0.478 e. The van der Waals surface area contributed by atoms with Gasteiger partial charge in [-0.15, -0.1) is 12.4 Å². The predicted octanol–water partition coefficient (Wildman–Crippen LogP) is 6.88. The summed E-state index contributed by atoms with van der Waals surface area (Å²) >= 11 is 6.43. The van der Waals surface area contributed by atoms with E-state index in [-0.39, 0.29) is 18.4 Å². The molecule has 0 bridgehead atoms. The van der Waals surface area contributed by atoms with Crippen molar-refractivity contribution in [2.45, 2.75) is 39.2 Å². The number of nitrogens with zero attached hydrogens (tertiary/aromatic N) is 5. The maximum absolute atomic E-state index is 13.9. The monoisotopic (exact) mass is 607 g/mol. The van der Waals surface area contributed by atoms with Crippen LogP contribution in [0.25, 0.3) is 11.1 Å². The first-order valence-electron chi connectivity index (χ1n) is 13.9. The fourth-order valence-electron chi connectivity index (χ4n) is 5.99. The molecule has 41 heavy (non-hydrogen) atoms. The van der Waals surface area contributed by atoms with Gasteiger partial charge in [0.2, 0.25) is 0 Å². The van der Waals surface area contributed by atoms with Crippen molar-refractivity contribution in [1.29, 1.82) is 0 Å². The maximum Gasteiger partial charge on any atom is 0.339 e. The average molecular weight is 609 g/mol. The number of piperidine rings is 1. The molecule has 1 N–H and O–H groups in total. The van der Waals surface area contributed by atoms with Crippen molar-refractivity contribution in [3.8, 4) is 11.1 Å². The summed E-state index contributed by atoms with van der Waals surface area (Å²) in [4.78, 5) is 18.6. The Hall–Kier alpha value is -2.88. The van der Waals surface area contributed by atoms with Gasteiger partial charge in [-0.2, -0.15) is 5.10 Å². The van der Waals surface area contributed by atoms with Crippen molar-refractivity contribution in [1.82, 2.24) is 14.7 Å². The zero-order valence-electron chi connectivity index (χ0n) is 23.3. The van der Waals surface area contributed by atoms with Crippen LogP contribution in [0.15, 0.2) is 48.7 Å².